The molecule has 112 valence electrons. The number of esters is 1. The second-order valence-electron chi connectivity index (χ2n) is 4.40. The maximum Gasteiger partial charge on any atom is 0.338 e. The number of hydrogen-bond acceptors (Lipinski definition) is 5. The first kappa shape index (κ1) is 16.4. The van der Waals surface area contributed by atoms with E-state index < -0.39 is 21.6 Å². The summed E-state index contributed by atoms with van der Waals surface area (Å²) in [5.41, 5.74) is 6.03. The highest BCUT2D eigenvalue weighted by Crippen LogP contribution is 2.18. The lowest BCUT2D eigenvalue weighted by Crippen LogP contribution is -2.13. The van der Waals surface area contributed by atoms with Crippen molar-refractivity contribution >= 4 is 21.5 Å². The van der Waals surface area contributed by atoms with Gasteiger partial charge in [-0.05, 0) is 25.5 Å². The van der Waals surface area contributed by atoms with Gasteiger partial charge in [0.25, 0.3) is 0 Å². The molecule has 1 aromatic carbocycles. The summed E-state index contributed by atoms with van der Waals surface area (Å²) in [4.78, 5) is 11.7. The highest BCUT2D eigenvalue weighted by Gasteiger charge is 2.13. The molecule has 0 fully saturated rings. The quantitative estimate of drug-likeness (QED) is 0.491. The Kier molecular flexibility index (Phi) is 5.50. The van der Waals surface area contributed by atoms with Crippen LogP contribution in [-0.4, -0.2) is 32.5 Å². The number of nitrogens with two attached hydrogens (primary N) is 1. The normalized spacial score (nSPS) is 11.3. The predicted molar refractivity (Wildman–Crippen MR) is 74.8 cm³/mol. The van der Waals surface area contributed by atoms with Gasteiger partial charge in [-0.3, -0.25) is 0 Å². The molecule has 0 saturated carbocycles. The van der Waals surface area contributed by atoms with Crippen molar-refractivity contribution in [1.29, 1.82) is 0 Å². The molecule has 0 aliphatic carbocycles. The Morgan fingerprint density at radius 3 is 2.60 bits per heavy atom. The van der Waals surface area contributed by atoms with Crippen LogP contribution in [0.4, 0.5) is 10.1 Å². The van der Waals surface area contributed by atoms with Gasteiger partial charge in [0.2, 0.25) is 0 Å². The molecule has 0 unspecified atom stereocenters. The van der Waals surface area contributed by atoms with E-state index in [4.69, 9.17) is 10.5 Å². The zero-order chi connectivity index (χ0) is 15.3. The fourth-order valence-corrected chi connectivity index (χ4v) is 2.34. The molecule has 2 N–H and O–H groups in total. The number of carbonyl (C=O) groups excluding carboxylic acids is 1. The molecule has 7 heteroatoms. The number of nitrogen functional groups attached to an aromatic ring is 1. The fraction of sp³-hybridized carbons (Fsp3) is 0.462. The van der Waals surface area contributed by atoms with E-state index in [2.05, 4.69) is 0 Å². The molecular formula is C13H18FNO4S. The average Bonchev–Trinajstić information content (AvgIpc) is 2.40. The molecule has 0 aromatic heterocycles. The maximum atomic E-state index is 13.4. The summed E-state index contributed by atoms with van der Waals surface area (Å²) in [6, 6.07) is 2.39. The van der Waals surface area contributed by atoms with Crippen LogP contribution in [0.2, 0.25) is 0 Å². The van der Waals surface area contributed by atoms with Gasteiger partial charge in [0, 0.05) is 17.0 Å². The summed E-state index contributed by atoms with van der Waals surface area (Å²) in [7, 11) is -3.07. The maximum absolute atomic E-state index is 13.4. The first-order valence-corrected chi connectivity index (χ1v) is 8.02. The zero-order valence-corrected chi connectivity index (χ0v) is 12.3. The molecule has 0 bridgehead atoms. The summed E-state index contributed by atoms with van der Waals surface area (Å²) in [6.07, 6.45) is 0.214. The number of anilines is 1. The van der Waals surface area contributed by atoms with Gasteiger partial charge in [-0.2, -0.15) is 0 Å². The molecular weight excluding hydrogens is 285 g/mol. The van der Waals surface area contributed by atoms with Crippen molar-refractivity contribution in [2.75, 3.05) is 23.8 Å². The van der Waals surface area contributed by atoms with Crippen LogP contribution >= 0.6 is 0 Å². The summed E-state index contributed by atoms with van der Waals surface area (Å²) in [6.45, 7) is 3.03. The molecule has 0 radical (unpaired) electrons. The Bertz CT molecular complexity index is 575. The third kappa shape index (κ3) is 4.48. The summed E-state index contributed by atoms with van der Waals surface area (Å²) in [5.74, 6) is -1.28. The smallest absolute Gasteiger partial charge is 0.338 e. The lowest BCUT2D eigenvalue weighted by molar-refractivity contribution is 0.0505. The Morgan fingerprint density at radius 1 is 1.40 bits per heavy atom. The van der Waals surface area contributed by atoms with Crippen LogP contribution < -0.4 is 5.73 Å². The van der Waals surface area contributed by atoms with Gasteiger partial charge in [0.15, 0.2) is 0 Å². The van der Waals surface area contributed by atoms with Gasteiger partial charge >= 0.3 is 5.97 Å². The summed E-state index contributed by atoms with van der Waals surface area (Å²) >= 11 is 0. The van der Waals surface area contributed by atoms with Crippen LogP contribution in [-0.2, 0) is 14.6 Å². The number of hydrogen-bond donors (Lipinski definition) is 1. The number of rotatable bonds is 6. The standard InChI is InChI=1S/C13H18FNO4S/c1-3-20(17,18)6-4-5-19-13(16)10-7-11(14)9(2)12(15)8-10/h7-8H,3-6,15H2,1-2H3. The summed E-state index contributed by atoms with van der Waals surface area (Å²) < 4.78 is 40.8. The topological polar surface area (TPSA) is 86.5 Å². The fourth-order valence-electron chi connectivity index (χ4n) is 1.49. The van der Waals surface area contributed by atoms with Crippen LogP contribution in [0.15, 0.2) is 12.1 Å². The van der Waals surface area contributed by atoms with Crippen molar-refractivity contribution in [2.45, 2.75) is 20.3 Å². The Hall–Kier alpha value is -1.63. The van der Waals surface area contributed by atoms with Gasteiger partial charge in [-0.1, -0.05) is 6.92 Å². The van der Waals surface area contributed by atoms with E-state index in [1.54, 1.807) is 6.92 Å². The number of benzene rings is 1. The zero-order valence-electron chi connectivity index (χ0n) is 11.5. The van der Waals surface area contributed by atoms with Crippen molar-refractivity contribution in [3.8, 4) is 0 Å². The van der Waals surface area contributed by atoms with Crippen molar-refractivity contribution in [1.82, 2.24) is 0 Å². The molecule has 5 nitrogen and oxygen atoms in total. The second-order valence-corrected chi connectivity index (χ2v) is 6.87. The Balaban J connectivity index is 2.56. The largest absolute Gasteiger partial charge is 0.462 e. The van der Waals surface area contributed by atoms with Gasteiger partial charge < -0.3 is 10.5 Å². The van der Waals surface area contributed by atoms with E-state index in [0.29, 0.717) is 0 Å². The van der Waals surface area contributed by atoms with Crippen LogP contribution in [0, 0.1) is 12.7 Å². The minimum atomic E-state index is -3.07. The molecule has 0 saturated heterocycles. The molecule has 0 aliphatic heterocycles. The number of ether oxygens (including phenoxy) is 1. The van der Waals surface area contributed by atoms with Crippen molar-refractivity contribution in [2.24, 2.45) is 0 Å². The molecule has 1 rings (SSSR count). The highest BCUT2D eigenvalue weighted by molar-refractivity contribution is 7.91. The van der Waals surface area contributed by atoms with Gasteiger partial charge in [-0.25, -0.2) is 17.6 Å². The number of carbonyl (C=O) groups is 1. The lowest BCUT2D eigenvalue weighted by atomic mass is 10.1. The lowest BCUT2D eigenvalue weighted by Gasteiger charge is -2.07. The molecule has 1 aromatic rings. The highest BCUT2D eigenvalue weighted by atomic mass is 32.2. The molecule has 0 spiro atoms. The van der Waals surface area contributed by atoms with Crippen molar-refractivity contribution in [3.63, 3.8) is 0 Å². The molecule has 0 atom stereocenters. The number of sulfone groups is 1. The van der Waals surface area contributed by atoms with Crippen LogP contribution in [0.5, 0.6) is 0 Å². The van der Waals surface area contributed by atoms with Crippen LogP contribution in [0.1, 0.15) is 29.3 Å². The number of halogens is 1. The predicted octanol–water partition coefficient (Wildman–Crippen LogP) is 1.70. The molecule has 0 heterocycles. The van der Waals surface area contributed by atoms with Gasteiger partial charge in [0.1, 0.15) is 15.7 Å². The van der Waals surface area contributed by atoms with E-state index in [9.17, 15) is 17.6 Å². The van der Waals surface area contributed by atoms with Gasteiger partial charge in [0.05, 0.1) is 17.9 Å². The molecule has 0 aliphatic rings. The Morgan fingerprint density at radius 2 is 2.05 bits per heavy atom. The molecule has 20 heavy (non-hydrogen) atoms. The van der Waals surface area contributed by atoms with Crippen LogP contribution in [0.25, 0.3) is 0 Å². The van der Waals surface area contributed by atoms with Gasteiger partial charge in [-0.15, -0.1) is 0 Å². The second kappa shape index (κ2) is 6.69. The minimum Gasteiger partial charge on any atom is -0.462 e. The van der Waals surface area contributed by atoms with E-state index in [0.717, 1.165) is 6.07 Å². The van der Waals surface area contributed by atoms with Crippen LogP contribution in [0.3, 0.4) is 0 Å². The van der Waals surface area contributed by atoms with E-state index in [1.165, 1.54) is 13.0 Å². The van der Waals surface area contributed by atoms with Crippen molar-refractivity contribution in [3.05, 3.63) is 29.1 Å². The third-order valence-electron chi connectivity index (χ3n) is 2.89. The molecule has 0 amide bonds. The van der Waals surface area contributed by atoms with E-state index in [-0.39, 0.29) is 41.3 Å². The monoisotopic (exact) mass is 303 g/mol. The first-order chi connectivity index (χ1) is 9.26. The minimum absolute atomic E-state index is 0.0175. The van der Waals surface area contributed by atoms with E-state index >= 15 is 0 Å². The summed E-state index contributed by atoms with van der Waals surface area (Å²) in [5, 5.41) is 0. The third-order valence-corrected chi connectivity index (χ3v) is 4.68. The first-order valence-electron chi connectivity index (χ1n) is 6.20. The van der Waals surface area contributed by atoms with E-state index in [1.807, 2.05) is 0 Å². The van der Waals surface area contributed by atoms with Crippen molar-refractivity contribution < 1.29 is 22.3 Å². The Labute approximate surface area is 117 Å². The average molecular weight is 303 g/mol. The SMILES string of the molecule is CCS(=O)(=O)CCCOC(=O)c1cc(N)c(C)c(F)c1.